The molecular weight excluding hydrogens is 308 g/mol. The molecule has 1 aliphatic carbocycles. The number of nitrogens with two attached hydrogens (primary N) is 1. The molecule has 1 fully saturated rings. The van der Waals surface area contributed by atoms with Gasteiger partial charge in [-0.15, -0.1) is 0 Å². The van der Waals surface area contributed by atoms with Crippen LogP contribution >= 0.6 is 0 Å². The second-order valence-electron chi connectivity index (χ2n) is 7.73. The second kappa shape index (κ2) is 6.30. The van der Waals surface area contributed by atoms with Crippen molar-refractivity contribution in [3.63, 3.8) is 0 Å². The number of rotatable bonds is 2. The van der Waals surface area contributed by atoms with Crippen LogP contribution in [0.3, 0.4) is 0 Å². The van der Waals surface area contributed by atoms with E-state index in [9.17, 15) is 4.79 Å². The Labute approximate surface area is 149 Å². The third kappa shape index (κ3) is 2.77. The number of fused-ring (bicyclic) bond motifs is 1. The first kappa shape index (κ1) is 16.3. The Morgan fingerprint density at radius 2 is 1.80 bits per heavy atom. The van der Waals surface area contributed by atoms with Crippen molar-refractivity contribution in [1.29, 1.82) is 0 Å². The van der Waals surface area contributed by atoms with Gasteiger partial charge in [-0.3, -0.25) is 4.79 Å². The molecule has 4 rings (SSSR count). The van der Waals surface area contributed by atoms with Crippen molar-refractivity contribution in [2.75, 3.05) is 13.1 Å². The number of amides is 1. The molecule has 3 nitrogen and oxygen atoms in total. The van der Waals surface area contributed by atoms with Crippen molar-refractivity contribution in [1.82, 2.24) is 4.90 Å². The molecule has 1 heterocycles. The van der Waals surface area contributed by atoms with Gasteiger partial charge in [-0.05, 0) is 42.9 Å². The Hall–Kier alpha value is -2.13. The quantitative estimate of drug-likeness (QED) is 0.916. The smallest absolute Gasteiger partial charge is 0.233 e. The van der Waals surface area contributed by atoms with Crippen LogP contribution in [0.25, 0.3) is 0 Å². The molecule has 130 valence electrons. The van der Waals surface area contributed by atoms with Gasteiger partial charge in [0.15, 0.2) is 0 Å². The van der Waals surface area contributed by atoms with Gasteiger partial charge < -0.3 is 10.6 Å². The molecule has 1 saturated heterocycles. The minimum Gasteiger partial charge on any atom is -0.340 e. The Morgan fingerprint density at radius 1 is 1.08 bits per heavy atom. The van der Waals surface area contributed by atoms with E-state index in [2.05, 4.69) is 43.3 Å². The number of hydrogen-bond donors (Lipinski definition) is 1. The summed E-state index contributed by atoms with van der Waals surface area (Å²) in [5.41, 5.74) is 9.77. The molecule has 1 aliphatic heterocycles. The number of likely N-dealkylation sites (tertiary alicyclic amines) is 1. The first-order chi connectivity index (χ1) is 12.1. The molecule has 2 N–H and O–H groups in total. The summed E-state index contributed by atoms with van der Waals surface area (Å²) in [6.45, 7) is 3.49. The highest BCUT2D eigenvalue weighted by Gasteiger charge is 2.44. The molecule has 2 aromatic rings. The lowest BCUT2D eigenvalue weighted by Gasteiger charge is -2.37. The van der Waals surface area contributed by atoms with Gasteiger partial charge in [0, 0.05) is 25.0 Å². The Morgan fingerprint density at radius 3 is 2.60 bits per heavy atom. The van der Waals surface area contributed by atoms with Gasteiger partial charge in [0.25, 0.3) is 0 Å². The highest BCUT2D eigenvalue weighted by molar-refractivity contribution is 5.89. The second-order valence-corrected chi connectivity index (χ2v) is 7.73. The topological polar surface area (TPSA) is 46.3 Å². The SMILES string of the molecule is CC1(C(=O)N2C[C@@H](N)[C@H](c3ccccc3)C2)CCCc2ccccc21. The fraction of sp³-hybridized carbons (Fsp3) is 0.409. The Kier molecular flexibility index (Phi) is 4.12. The summed E-state index contributed by atoms with van der Waals surface area (Å²) in [5.74, 6) is 0.473. The first-order valence-corrected chi connectivity index (χ1v) is 9.28. The minimum absolute atomic E-state index is 0.00813. The van der Waals surface area contributed by atoms with Crippen LogP contribution in [0.1, 0.15) is 42.4 Å². The predicted molar refractivity (Wildman–Crippen MR) is 100 cm³/mol. The van der Waals surface area contributed by atoms with Gasteiger partial charge >= 0.3 is 0 Å². The molecule has 2 aliphatic rings. The van der Waals surface area contributed by atoms with E-state index >= 15 is 0 Å². The lowest BCUT2D eigenvalue weighted by molar-refractivity contribution is -0.136. The molecule has 3 atom stereocenters. The summed E-state index contributed by atoms with van der Waals surface area (Å²) < 4.78 is 0. The molecular formula is C22H26N2O. The third-order valence-corrected chi connectivity index (χ3v) is 6.09. The van der Waals surface area contributed by atoms with Crippen molar-refractivity contribution in [2.24, 2.45) is 5.73 Å². The van der Waals surface area contributed by atoms with E-state index in [1.807, 2.05) is 23.1 Å². The first-order valence-electron chi connectivity index (χ1n) is 9.28. The Balaban J connectivity index is 1.60. The summed E-state index contributed by atoms with van der Waals surface area (Å²) in [5, 5.41) is 0. The van der Waals surface area contributed by atoms with Gasteiger partial charge in [-0.1, -0.05) is 54.6 Å². The molecule has 3 heteroatoms. The maximum atomic E-state index is 13.5. The number of nitrogens with zero attached hydrogens (tertiary/aromatic N) is 1. The average Bonchev–Trinajstić information content (AvgIpc) is 3.04. The molecule has 0 radical (unpaired) electrons. The zero-order chi connectivity index (χ0) is 17.4. The molecule has 2 aromatic carbocycles. The maximum absolute atomic E-state index is 13.5. The van der Waals surface area contributed by atoms with Crippen LogP contribution in [-0.4, -0.2) is 29.9 Å². The molecule has 0 spiro atoms. The van der Waals surface area contributed by atoms with Crippen LogP contribution in [0, 0.1) is 0 Å². The van der Waals surface area contributed by atoms with Gasteiger partial charge in [0.1, 0.15) is 0 Å². The number of benzene rings is 2. The fourth-order valence-corrected chi connectivity index (χ4v) is 4.66. The van der Waals surface area contributed by atoms with E-state index in [-0.39, 0.29) is 17.9 Å². The molecule has 0 saturated carbocycles. The average molecular weight is 334 g/mol. The standard InChI is InChI=1S/C22H26N2O/c1-22(13-7-11-17-10-5-6-12-19(17)22)21(25)24-14-18(20(23)15-24)16-8-3-2-4-9-16/h2-6,8-10,12,18,20H,7,11,13-15,23H2,1H3/t18-,20+,22?/m0/s1. The highest BCUT2D eigenvalue weighted by Crippen LogP contribution is 2.40. The van der Waals surface area contributed by atoms with Crippen LogP contribution in [0.5, 0.6) is 0 Å². The fourth-order valence-electron chi connectivity index (χ4n) is 4.66. The van der Waals surface area contributed by atoms with Crippen molar-refractivity contribution in [3.8, 4) is 0 Å². The van der Waals surface area contributed by atoms with Crippen molar-refractivity contribution < 1.29 is 4.79 Å². The molecule has 0 bridgehead atoms. The lowest BCUT2D eigenvalue weighted by Crippen LogP contribution is -2.46. The molecule has 1 unspecified atom stereocenters. The Bertz CT molecular complexity index is 773. The normalized spacial score (nSPS) is 28.6. The number of aryl methyl sites for hydroxylation is 1. The van der Waals surface area contributed by atoms with E-state index in [0.717, 1.165) is 25.8 Å². The van der Waals surface area contributed by atoms with Crippen molar-refractivity contribution in [3.05, 3.63) is 71.3 Å². The maximum Gasteiger partial charge on any atom is 0.233 e. The van der Waals surface area contributed by atoms with Gasteiger partial charge in [-0.2, -0.15) is 0 Å². The largest absolute Gasteiger partial charge is 0.340 e. The molecule has 1 amide bonds. The number of hydrogen-bond acceptors (Lipinski definition) is 2. The van der Waals surface area contributed by atoms with Crippen LogP contribution in [0.2, 0.25) is 0 Å². The van der Waals surface area contributed by atoms with E-state index in [4.69, 9.17) is 5.73 Å². The van der Waals surface area contributed by atoms with Gasteiger partial charge in [0.05, 0.1) is 5.41 Å². The zero-order valence-electron chi connectivity index (χ0n) is 14.8. The molecule has 25 heavy (non-hydrogen) atoms. The molecule has 0 aromatic heterocycles. The minimum atomic E-state index is -0.417. The van der Waals surface area contributed by atoms with Crippen LogP contribution in [0.15, 0.2) is 54.6 Å². The highest BCUT2D eigenvalue weighted by atomic mass is 16.2. The van der Waals surface area contributed by atoms with Crippen molar-refractivity contribution >= 4 is 5.91 Å². The van der Waals surface area contributed by atoms with E-state index < -0.39 is 5.41 Å². The summed E-state index contributed by atoms with van der Waals surface area (Å²) >= 11 is 0. The lowest BCUT2D eigenvalue weighted by atomic mass is 9.70. The van der Waals surface area contributed by atoms with Gasteiger partial charge in [-0.25, -0.2) is 0 Å². The van der Waals surface area contributed by atoms with Crippen LogP contribution < -0.4 is 5.73 Å². The monoisotopic (exact) mass is 334 g/mol. The summed E-state index contributed by atoms with van der Waals surface area (Å²) in [7, 11) is 0. The van der Waals surface area contributed by atoms with Gasteiger partial charge in [0.2, 0.25) is 5.91 Å². The van der Waals surface area contributed by atoms with E-state index in [1.165, 1.54) is 16.7 Å². The zero-order valence-corrected chi connectivity index (χ0v) is 14.8. The van der Waals surface area contributed by atoms with Crippen LogP contribution in [0.4, 0.5) is 0 Å². The van der Waals surface area contributed by atoms with E-state index in [1.54, 1.807) is 0 Å². The number of carbonyl (C=O) groups is 1. The summed E-state index contributed by atoms with van der Waals surface area (Å²) in [6, 6.07) is 18.8. The summed E-state index contributed by atoms with van der Waals surface area (Å²) in [6.07, 6.45) is 3.07. The van der Waals surface area contributed by atoms with Crippen LogP contribution in [-0.2, 0) is 16.6 Å². The van der Waals surface area contributed by atoms with Crippen molar-refractivity contribution in [2.45, 2.75) is 43.6 Å². The number of carbonyl (C=O) groups excluding carboxylic acids is 1. The summed E-state index contributed by atoms with van der Waals surface area (Å²) in [4.78, 5) is 15.5. The third-order valence-electron chi connectivity index (χ3n) is 6.09. The predicted octanol–water partition coefficient (Wildman–Crippen LogP) is 3.23. The van der Waals surface area contributed by atoms with E-state index in [0.29, 0.717) is 6.54 Å².